The first kappa shape index (κ1) is 24.0. The lowest BCUT2D eigenvalue weighted by Gasteiger charge is -2.15. The van der Waals surface area contributed by atoms with Crippen molar-refractivity contribution in [1.82, 2.24) is 0 Å². The molecular weight excluding hydrogens is 376 g/mol. The Morgan fingerprint density at radius 3 is 1.79 bits per heavy atom. The lowest BCUT2D eigenvalue weighted by atomic mass is 9.92. The fraction of sp³-hybridized carbons (Fsp3) is 0.556. The molecule has 0 heterocycles. The summed E-state index contributed by atoms with van der Waals surface area (Å²) < 4.78 is 20.3. The molecule has 0 aliphatic heterocycles. The Balaban J connectivity index is 2.84. The number of hydrogen-bond acceptors (Lipinski definition) is 8. The fourth-order valence-corrected chi connectivity index (χ4v) is 2.47. The largest absolute Gasteiger partial charge is 0.478 e. The number of rotatable bonds is 16. The highest BCUT2D eigenvalue weighted by Gasteiger charge is 2.22. The van der Waals surface area contributed by atoms with Crippen molar-refractivity contribution in [2.45, 2.75) is 12.8 Å². The highest BCUT2D eigenvalue weighted by atomic mass is 16.7. The lowest BCUT2D eigenvalue weighted by molar-refractivity contribution is -0.0614. The third-order valence-corrected chi connectivity index (χ3v) is 3.66. The fourth-order valence-electron chi connectivity index (χ4n) is 2.47. The van der Waals surface area contributed by atoms with Crippen LogP contribution in [0.5, 0.6) is 0 Å². The third kappa shape index (κ3) is 8.30. The van der Waals surface area contributed by atoms with E-state index in [9.17, 15) is 19.8 Å². The Kier molecular flexibility index (Phi) is 12.0. The first-order valence-corrected chi connectivity index (χ1v) is 8.67. The minimum Gasteiger partial charge on any atom is -0.478 e. The Labute approximate surface area is 162 Å². The van der Waals surface area contributed by atoms with Gasteiger partial charge in [0.05, 0.1) is 50.8 Å². The van der Waals surface area contributed by atoms with Crippen LogP contribution in [-0.4, -0.2) is 85.6 Å². The van der Waals surface area contributed by atoms with Gasteiger partial charge in [-0.15, -0.1) is 0 Å². The van der Waals surface area contributed by atoms with Gasteiger partial charge in [-0.3, -0.25) is 0 Å². The number of carboxylic acid groups (broad SMARTS) is 2. The molecule has 158 valence electrons. The maximum absolute atomic E-state index is 11.8. The van der Waals surface area contributed by atoms with Crippen LogP contribution in [0.25, 0.3) is 0 Å². The molecule has 0 saturated carbocycles. The van der Waals surface area contributed by atoms with E-state index in [4.69, 9.17) is 29.2 Å². The van der Waals surface area contributed by atoms with Crippen LogP contribution in [0.1, 0.15) is 31.8 Å². The number of benzene rings is 1. The third-order valence-electron chi connectivity index (χ3n) is 3.66. The molecule has 1 aromatic rings. The quantitative estimate of drug-likeness (QED) is 0.222. The van der Waals surface area contributed by atoms with Crippen molar-refractivity contribution in [3.8, 4) is 0 Å². The molecule has 0 radical (unpaired) electrons. The van der Waals surface area contributed by atoms with E-state index in [2.05, 4.69) is 0 Å². The van der Waals surface area contributed by atoms with Crippen molar-refractivity contribution < 1.29 is 49.0 Å². The van der Waals surface area contributed by atoms with Crippen molar-refractivity contribution in [1.29, 1.82) is 0 Å². The summed E-state index contributed by atoms with van der Waals surface area (Å²) in [5.74, 6) is -2.46. The van der Waals surface area contributed by atoms with Crippen LogP contribution in [0, 0.1) is 0 Å². The van der Waals surface area contributed by atoms with Gasteiger partial charge in [0.25, 0.3) is 0 Å². The first-order valence-electron chi connectivity index (χ1n) is 8.67. The molecule has 4 N–H and O–H groups in total. The second-order valence-corrected chi connectivity index (χ2v) is 5.55. The molecule has 0 unspecified atom stereocenters. The van der Waals surface area contributed by atoms with Gasteiger partial charge in [-0.2, -0.15) is 0 Å². The Bertz CT molecular complexity index is 617. The molecule has 0 amide bonds. The van der Waals surface area contributed by atoms with E-state index in [0.29, 0.717) is 5.56 Å². The Morgan fingerprint density at radius 1 is 0.750 bits per heavy atom. The van der Waals surface area contributed by atoms with Gasteiger partial charge in [-0.25, -0.2) is 9.59 Å². The average Bonchev–Trinajstić information content (AvgIpc) is 2.66. The van der Waals surface area contributed by atoms with E-state index >= 15 is 0 Å². The smallest absolute Gasteiger partial charge is 0.336 e. The minimum atomic E-state index is -1.24. The number of ether oxygens (including phenoxy) is 4. The van der Waals surface area contributed by atoms with Crippen LogP contribution >= 0.6 is 0 Å². The van der Waals surface area contributed by atoms with Crippen molar-refractivity contribution >= 4 is 11.9 Å². The van der Waals surface area contributed by atoms with Gasteiger partial charge in [0.15, 0.2) is 0 Å². The molecule has 1 rings (SSSR count). The summed E-state index contributed by atoms with van der Waals surface area (Å²) in [6.45, 7) is 0.0735. The second kappa shape index (κ2) is 14.0. The van der Waals surface area contributed by atoms with Crippen LogP contribution in [0.3, 0.4) is 0 Å². The lowest BCUT2D eigenvalue weighted by Crippen LogP contribution is -2.17. The maximum Gasteiger partial charge on any atom is 0.336 e. The van der Waals surface area contributed by atoms with Crippen LogP contribution in [0.4, 0.5) is 0 Å². The van der Waals surface area contributed by atoms with Gasteiger partial charge in [-0.1, -0.05) is 6.07 Å². The molecule has 1 aromatic carbocycles. The van der Waals surface area contributed by atoms with Crippen LogP contribution in [0.15, 0.2) is 12.1 Å². The van der Waals surface area contributed by atoms with Crippen LogP contribution < -0.4 is 0 Å². The van der Waals surface area contributed by atoms with E-state index in [1.54, 1.807) is 0 Å². The van der Waals surface area contributed by atoms with Crippen molar-refractivity contribution in [3.63, 3.8) is 0 Å². The highest BCUT2D eigenvalue weighted by molar-refractivity contribution is 5.97. The molecule has 0 fully saturated rings. The van der Waals surface area contributed by atoms with E-state index in [-0.39, 0.29) is 82.8 Å². The van der Waals surface area contributed by atoms with Crippen molar-refractivity contribution in [3.05, 3.63) is 34.4 Å². The number of carbonyl (C=O) groups is 2. The van der Waals surface area contributed by atoms with Crippen LogP contribution in [0.2, 0.25) is 0 Å². The zero-order chi connectivity index (χ0) is 20.8. The van der Waals surface area contributed by atoms with Crippen molar-refractivity contribution in [2.75, 3.05) is 53.2 Å². The number of aliphatic hydroxyl groups is 2. The van der Waals surface area contributed by atoms with Gasteiger partial charge in [0.1, 0.15) is 13.6 Å². The summed E-state index contributed by atoms with van der Waals surface area (Å²) in [5, 5.41) is 36.2. The zero-order valence-electron chi connectivity index (χ0n) is 15.5. The maximum atomic E-state index is 11.8. The first-order chi connectivity index (χ1) is 13.5. The second-order valence-electron chi connectivity index (χ2n) is 5.55. The minimum absolute atomic E-state index is 0.0370. The van der Waals surface area contributed by atoms with E-state index in [0.717, 1.165) is 0 Å². The SMILES string of the molecule is O=C(O)c1ccc(CCOCOCCO)c(C(=O)O)c1CCOCOCCO. The van der Waals surface area contributed by atoms with Gasteiger partial charge >= 0.3 is 11.9 Å². The number of hydrogen-bond donors (Lipinski definition) is 4. The molecule has 0 spiro atoms. The molecule has 0 aliphatic rings. The Morgan fingerprint density at radius 2 is 1.29 bits per heavy atom. The molecule has 0 bridgehead atoms. The molecule has 28 heavy (non-hydrogen) atoms. The number of aromatic carboxylic acids is 2. The summed E-state index contributed by atoms with van der Waals surface area (Å²) >= 11 is 0. The molecule has 10 nitrogen and oxygen atoms in total. The van der Waals surface area contributed by atoms with Gasteiger partial charge in [0.2, 0.25) is 0 Å². The Hall–Kier alpha value is -2.08. The van der Waals surface area contributed by atoms with Gasteiger partial charge in [0, 0.05) is 0 Å². The standard InChI is InChI=1S/C18H26O10/c19-5-9-27-11-25-7-3-13-1-2-15(17(21)22)14(16(13)18(23)24)4-8-26-12-28-10-6-20/h1-2,19-20H,3-12H2,(H,21,22)(H,23,24). The number of aliphatic hydroxyl groups excluding tert-OH is 2. The summed E-state index contributed by atoms with van der Waals surface area (Å²) in [4.78, 5) is 23.3. The van der Waals surface area contributed by atoms with Gasteiger partial charge < -0.3 is 39.4 Å². The number of carboxylic acids is 2. The molecule has 0 atom stereocenters. The molecule has 10 heteroatoms. The predicted octanol–water partition coefficient (Wildman–Crippen LogP) is 0.134. The predicted molar refractivity (Wildman–Crippen MR) is 95.5 cm³/mol. The highest BCUT2D eigenvalue weighted by Crippen LogP contribution is 2.22. The normalized spacial score (nSPS) is 10.9. The summed E-state index contributed by atoms with van der Waals surface area (Å²) in [6, 6.07) is 2.82. The van der Waals surface area contributed by atoms with Crippen molar-refractivity contribution in [2.24, 2.45) is 0 Å². The molecule has 0 saturated heterocycles. The average molecular weight is 402 g/mol. The van der Waals surface area contributed by atoms with Crippen LogP contribution in [-0.2, 0) is 31.8 Å². The summed E-state index contributed by atoms with van der Waals surface area (Å²) in [6.07, 6.45) is 0.317. The van der Waals surface area contributed by atoms with E-state index in [1.165, 1.54) is 12.1 Å². The van der Waals surface area contributed by atoms with Gasteiger partial charge in [-0.05, 0) is 30.0 Å². The monoisotopic (exact) mass is 402 g/mol. The molecule has 0 aliphatic carbocycles. The zero-order valence-corrected chi connectivity index (χ0v) is 15.5. The van der Waals surface area contributed by atoms with E-state index in [1.807, 2.05) is 0 Å². The summed E-state index contributed by atoms with van der Waals surface area (Å²) in [5.41, 5.74) is 0.412. The van der Waals surface area contributed by atoms with E-state index < -0.39 is 11.9 Å². The molecular formula is C18H26O10. The molecule has 0 aromatic heterocycles. The summed E-state index contributed by atoms with van der Waals surface area (Å²) in [7, 11) is 0. The topological polar surface area (TPSA) is 152 Å².